The van der Waals surface area contributed by atoms with Crippen LogP contribution in [0.1, 0.15) is 20.8 Å². The number of nitrogens with zero attached hydrogens (tertiary/aromatic N) is 2. The molecule has 0 aliphatic carbocycles. The molecular weight excluding hydrogens is 472 g/mol. The second kappa shape index (κ2) is 12.7. The van der Waals surface area contributed by atoms with E-state index in [-0.39, 0.29) is 24.0 Å². The van der Waals surface area contributed by atoms with Gasteiger partial charge in [0.05, 0.1) is 24.7 Å². The van der Waals surface area contributed by atoms with E-state index in [1.54, 1.807) is 43.0 Å². The minimum Gasteiger partial charge on any atom is -0.465 e. The topological polar surface area (TPSA) is 76.2 Å². The van der Waals surface area contributed by atoms with Crippen LogP contribution in [0.5, 0.6) is 0 Å². The normalized spacial score (nSPS) is 16.0. The predicted molar refractivity (Wildman–Crippen MR) is 133 cm³/mol. The van der Waals surface area contributed by atoms with Gasteiger partial charge < -0.3 is 9.47 Å². The van der Waals surface area contributed by atoms with Crippen LogP contribution in [-0.4, -0.2) is 75.6 Å². The molecule has 0 unspecified atom stereocenters. The summed E-state index contributed by atoms with van der Waals surface area (Å²) in [6.45, 7) is 9.07. The highest BCUT2D eigenvalue weighted by molar-refractivity contribution is 7.99. The summed E-state index contributed by atoms with van der Waals surface area (Å²) in [6.07, 6.45) is 0. The van der Waals surface area contributed by atoms with Gasteiger partial charge in [-0.2, -0.15) is 4.31 Å². The van der Waals surface area contributed by atoms with Gasteiger partial charge >= 0.3 is 5.97 Å². The first-order valence-corrected chi connectivity index (χ1v) is 13.9. The highest BCUT2D eigenvalue weighted by Crippen LogP contribution is 2.30. The standard InChI is InChI=1S/C25H34N2O5S2/c1-4-32-25(28)24(20(2)3)27(15-14-26-16-18-31-19-17-26)34(29,30)23-12-10-22(11-13-23)33-21-8-6-5-7-9-21/h5-13,20,24H,4,14-19H2,1-3H3/t24-/m1/s1. The fourth-order valence-electron chi connectivity index (χ4n) is 3.86. The van der Waals surface area contributed by atoms with E-state index in [9.17, 15) is 13.2 Å². The SMILES string of the molecule is CCOC(=O)[C@@H](C(C)C)N(CCN1CCOCC1)S(=O)(=O)c1ccc(Sc2ccccc2)cc1. The molecule has 186 valence electrons. The molecule has 34 heavy (non-hydrogen) atoms. The molecule has 1 fully saturated rings. The molecule has 0 N–H and O–H groups in total. The van der Waals surface area contributed by atoms with Gasteiger partial charge in [0.25, 0.3) is 0 Å². The van der Waals surface area contributed by atoms with E-state index >= 15 is 0 Å². The second-order valence-electron chi connectivity index (χ2n) is 8.40. The Bertz CT molecular complexity index is 1010. The molecule has 7 nitrogen and oxygen atoms in total. The van der Waals surface area contributed by atoms with Gasteiger partial charge in [-0.15, -0.1) is 0 Å². The van der Waals surface area contributed by atoms with Crippen molar-refractivity contribution < 1.29 is 22.7 Å². The van der Waals surface area contributed by atoms with Crippen LogP contribution in [0, 0.1) is 5.92 Å². The summed E-state index contributed by atoms with van der Waals surface area (Å²) < 4.78 is 39.6. The van der Waals surface area contributed by atoms with Gasteiger partial charge in [-0.3, -0.25) is 9.69 Å². The van der Waals surface area contributed by atoms with E-state index < -0.39 is 22.0 Å². The van der Waals surface area contributed by atoms with Crippen molar-refractivity contribution >= 4 is 27.8 Å². The monoisotopic (exact) mass is 506 g/mol. The summed E-state index contributed by atoms with van der Waals surface area (Å²) in [4.78, 5) is 17.2. The molecule has 0 spiro atoms. The molecule has 1 saturated heterocycles. The molecule has 0 radical (unpaired) electrons. The van der Waals surface area contributed by atoms with Gasteiger partial charge in [-0.25, -0.2) is 8.42 Å². The van der Waals surface area contributed by atoms with Gasteiger partial charge in [0.15, 0.2) is 0 Å². The molecule has 0 aromatic heterocycles. The lowest BCUT2D eigenvalue weighted by Gasteiger charge is -2.34. The third-order valence-corrected chi connectivity index (χ3v) is 8.53. The maximum absolute atomic E-state index is 13.8. The summed E-state index contributed by atoms with van der Waals surface area (Å²) in [5.74, 6) is -0.759. The number of carbonyl (C=O) groups is 1. The van der Waals surface area contributed by atoms with Gasteiger partial charge in [0, 0.05) is 36.0 Å². The van der Waals surface area contributed by atoms with Gasteiger partial charge in [-0.1, -0.05) is 43.8 Å². The van der Waals surface area contributed by atoms with Crippen LogP contribution >= 0.6 is 11.8 Å². The van der Waals surface area contributed by atoms with E-state index in [2.05, 4.69) is 4.90 Å². The van der Waals surface area contributed by atoms with Crippen molar-refractivity contribution in [2.24, 2.45) is 5.92 Å². The van der Waals surface area contributed by atoms with Crippen molar-refractivity contribution in [2.75, 3.05) is 46.0 Å². The van der Waals surface area contributed by atoms with E-state index in [4.69, 9.17) is 9.47 Å². The maximum Gasteiger partial charge on any atom is 0.324 e. The highest BCUT2D eigenvalue weighted by Gasteiger charge is 2.39. The average Bonchev–Trinajstić information content (AvgIpc) is 2.83. The van der Waals surface area contributed by atoms with Crippen LogP contribution in [0.25, 0.3) is 0 Å². The van der Waals surface area contributed by atoms with Crippen LogP contribution in [0.2, 0.25) is 0 Å². The first kappa shape index (κ1) is 26.7. The summed E-state index contributed by atoms with van der Waals surface area (Å²) in [7, 11) is -3.93. The van der Waals surface area contributed by atoms with Gasteiger partial charge in [0.1, 0.15) is 6.04 Å². The lowest BCUT2D eigenvalue weighted by molar-refractivity contribution is -0.149. The Hall–Kier alpha value is -1.91. The molecule has 9 heteroatoms. The predicted octanol–water partition coefficient (Wildman–Crippen LogP) is 3.75. The lowest BCUT2D eigenvalue weighted by Crippen LogP contribution is -2.52. The van der Waals surface area contributed by atoms with Crippen LogP contribution in [0.4, 0.5) is 0 Å². The number of rotatable bonds is 11. The van der Waals surface area contributed by atoms with Crippen molar-refractivity contribution in [2.45, 2.75) is 41.5 Å². The maximum atomic E-state index is 13.8. The van der Waals surface area contributed by atoms with E-state index in [0.717, 1.165) is 22.9 Å². The van der Waals surface area contributed by atoms with Crippen LogP contribution < -0.4 is 0 Å². The highest BCUT2D eigenvalue weighted by atomic mass is 32.2. The molecule has 2 aromatic carbocycles. The molecule has 0 amide bonds. The smallest absolute Gasteiger partial charge is 0.324 e. The Morgan fingerprint density at radius 2 is 1.68 bits per heavy atom. The van der Waals surface area contributed by atoms with Crippen LogP contribution in [-0.2, 0) is 24.3 Å². The first-order valence-electron chi connectivity index (χ1n) is 11.6. The third-order valence-electron chi connectivity index (χ3n) is 5.62. The van der Waals surface area contributed by atoms with Crippen molar-refractivity contribution in [3.63, 3.8) is 0 Å². The number of sulfonamides is 1. The summed E-state index contributed by atoms with van der Waals surface area (Å²) in [5, 5.41) is 0. The molecule has 1 aliphatic rings. The minimum atomic E-state index is -3.93. The third kappa shape index (κ3) is 7.05. The Morgan fingerprint density at radius 3 is 2.26 bits per heavy atom. The zero-order valence-electron chi connectivity index (χ0n) is 20.1. The van der Waals surface area contributed by atoms with E-state index in [1.807, 2.05) is 44.2 Å². The number of ether oxygens (including phenoxy) is 2. The molecule has 0 saturated carbocycles. The van der Waals surface area contributed by atoms with Crippen molar-refractivity contribution in [1.82, 2.24) is 9.21 Å². The molecule has 2 aromatic rings. The van der Waals surface area contributed by atoms with Gasteiger partial charge in [-0.05, 0) is 49.2 Å². The summed E-state index contributed by atoms with van der Waals surface area (Å²) in [5.41, 5.74) is 0. The van der Waals surface area contributed by atoms with Gasteiger partial charge in [0.2, 0.25) is 10.0 Å². The summed E-state index contributed by atoms with van der Waals surface area (Å²) in [6, 6.07) is 15.9. The zero-order chi connectivity index (χ0) is 24.6. The van der Waals surface area contributed by atoms with Crippen molar-refractivity contribution in [1.29, 1.82) is 0 Å². The number of morpholine rings is 1. The Balaban J connectivity index is 1.86. The Labute approximate surface area is 207 Å². The Kier molecular flexibility index (Phi) is 9.97. The minimum absolute atomic E-state index is 0.168. The lowest BCUT2D eigenvalue weighted by atomic mass is 10.0. The molecule has 1 atom stereocenters. The molecule has 3 rings (SSSR count). The fourth-order valence-corrected chi connectivity index (χ4v) is 6.40. The quantitative estimate of drug-likeness (QED) is 0.430. The van der Waals surface area contributed by atoms with E-state index in [1.165, 1.54) is 4.31 Å². The van der Waals surface area contributed by atoms with Crippen molar-refractivity contribution in [3.05, 3.63) is 54.6 Å². The first-order chi connectivity index (χ1) is 16.3. The van der Waals surface area contributed by atoms with Crippen molar-refractivity contribution in [3.8, 4) is 0 Å². The average molecular weight is 507 g/mol. The number of benzene rings is 2. The van der Waals surface area contributed by atoms with Crippen LogP contribution in [0.15, 0.2) is 69.3 Å². The number of hydrogen-bond acceptors (Lipinski definition) is 7. The number of esters is 1. The van der Waals surface area contributed by atoms with Crippen LogP contribution in [0.3, 0.4) is 0 Å². The molecule has 0 bridgehead atoms. The second-order valence-corrected chi connectivity index (χ2v) is 11.4. The summed E-state index contributed by atoms with van der Waals surface area (Å²) >= 11 is 1.57. The largest absolute Gasteiger partial charge is 0.465 e. The molecular formula is C25H34N2O5S2. The fraction of sp³-hybridized carbons (Fsp3) is 0.480. The number of carbonyl (C=O) groups excluding carboxylic acids is 1. The number of hydrogen-bond donors (Lipinski definition) is 0. The molecule has 1 heterocycles. The Morgan fingerprint density at radius 1 is 1.06 bits per heavy atom. The molecule has 1 aliphatic heterocycles. The van der Waals surface area contributed by atoms with E-state index in [0.29, 0.717) is 19.8 Å². The zero-order valence-corrected chi connectivity index (χ0v) is 21.7.